The van der Waals surface area contributed by atoms with Gasteiger partial charge in [-0.25, -0.2) is 0 Å². The molecule has 0 unspecified atom stereocenters. The molecule has 0 N–H and O–H groups in total. The number of amides is 1. The minimum Gasteiger partial charge on any atom is -0.494 e. The van der Waals surface area contributed by atoms with Crippen molar-refractivity contribution in [1.29, 1.82) is 0 Å². The number of rotatable bonds is 3. The number of para-hydroxylation sites is 1. The first kappa shape index (κ1) is 16.3. The van der Waals surface area contributed by atoms with Gasteiger partial charge in [0.25, 0.3) is 5.91 Å². The van der Waals surface area contributed by atoms with Crippen LogP contribution in [0.3, 0.4) is 0 Å². The first-order valence-corrected chi connectivity index (χ1v) is 8.48. The van der Waals surface area contributed by atoms with E-state index < -0.39 is 0 Å². The van der Waals surface area contributed by atoms with Crippen LogP contribution in [-0.2, 0) is 6.42 Å². The van der Waals surface area contributed by atoms with Crippen LogP contribution in [0.1, 0.15) is 22.8 Å². The lowest BCUT2D eigenvalue weighted by Crippen LogP contribution is -2.39. The average molecular weight is 349 g/mol. The second-order valence-corrected chi connectivity index (χ2v) is 6.49. The standard InChI is InChI=1S/C19H19N5O2/c1-13-9-14-5-3-4-6-16(14)23(11-13)19(25)15-7-8-18(26-2)17(10-15)24-12-20-21-22-24/h3-8,10,12-13H,9,11H2,1-2H3/t13-/m0/s1. The van der Waals surface area contributed by atoms with Crippen molar-refractivity contribution in [2.45, 2.75) is 13.3 Å². The van der Waals surface area contributed by atoms with Gasteiger partial charge in [-0.3, -0.25) is 4.79 Å². The van der Waals surface area contributed by atoms with Crippen molar-refractivity contribution < 1.29 is 9.53 Å². The Kier molecular flexibility index (Phi) is 4.12. The number of carbonyl (C=O) groups is 1. The van der Waals surface area contributed by atoms with E-state index in [1.165, 1.54) is 16.6 Å². The number of benzene rings is 2. The normalized spacial score (nSPS) is 16.2. The number of nitrogens with zero attached hydrogens (tertiary/aromatic N) is 5. The van der Waals surface area contributed by atoms with E-state index in [1.807, 2.05) is 23.1 Å². The van der Waals surface area contributed by atoms with E-state index in [4.69, 9.17) is 4.74 Å². The lowest BCUT2D eigenvalue weighted by Gasteiger charge is -2.33. The van der Waals surface area contributed by atoms with Gasteiger partial charge in [0.1, 0.15) is 17.8 Å². The number of anilines is 1. The van der Waals surface area contributed by atoms with E-state index in [1.54, 1.807) is 25.3 Å². The van der Waals surface area contributed by atoms with E-state index in [0.717, 1.165) is 12.1 Å². The number of methoxy groups -OCH3 is 1. The fraction of sp³-hybridized carbons (Fsp3) is 0.263. The smallest absolute Gasteiger partial charge is 0.258 e. The van der Waals surface area contributed by atoms with Gasteiger partial charge < -0.3 is 9.64 Å². The molecule has 1 aromatic heterocycles. The third-order valence-corrected chi connectivity index (χ3v) is 4.61. The van der Waals surface area contributed by atoms with Crippen LogP contribution in [0, 0.1) is 5.92 Å². The third kappa shape index (κ3) is 2.81. The summed E-state index contributed by atoms with van der Waals surface area (Å²) in [6.45, 7) is 2.86. The molecule has 0 spiro atoms. The first-order valence-electron chi connectivity index (χ1n) is 8.48. The Morgan fingerprint density at radius 3 is 2.81 bits per heavy atom. The fourth-order valence-corrected chi connectivity index (χ4v) is 3.42. The summed E-state index contributed by atoms with van der Waals surface area (Å²) < 4.78 is 6.87. The molecule has 1 aliphatic heterocycles. The van der Waals surface area contributed by atoms with Crippen LogP contribution >= 0.6 is 0 Å². The maximum atomic E-state index is 13.3. The van der Waals surface area contributed by atoms with E-state index in [2.05, 4.69) is 28.5 Å². The van der Waals surface area contributed by atoms with Gasteiger partial charge in [0, 0.05) is 17.8 Å². The molecule has 0 fully saturated rings. The molecule has 1 atom stereocenters. The zero-order valence-electron chi connectivity index (χ0n) is 14.7. The quantitative estimate of drug-likeness (QED) is 0.726. The van der Waals surface area contributed by atoms with E-state index in [9.17, 15) is 4.79 Å². The fourth-order valence-electron chi connectivity index (χ4n) is 3.42. The van der Waals surface area contributed by atoms with Crippen LogP contribution in [0.5, 0.6) is 5.75 Å². The van der Waals surface area contributed by atoms with Gasteiger partial charge in [0.05, 0.1) is 7.11 Å². The van der Waals surface area contributed by atoms with Crippen molar-refractivity contribution in [3.05, 3.63) is 59.9 Å². The summed E-state index contributed by atoms with van der Waals surface area (Å²) in [6, 6.07) is 13.4. The minimum absolute atomic E-state index is 0.0408. The van der Waals surface area contributed by atoms with Crippen LogP contribution < -0.4 is 9.64 Å². The van der Waals surface area contributed by atoms with Crippen LogP contribution in [0.15, 0.2) is 48.8 Å². The Morgan fingerprint density at radius 2 is 2.04 bits per heavy atom. The Bertz CT molecular complexity index is 939. The van der Waals surface area contributed by atoms with Crippen LogP contribution in [0.2, 0.25) is 0 Å². The van der Waals surface area contributed by atoms with Gasteiger partial charge in [-0.15, -0.1) is 5.10 Å². The van der Waals surface area contributed by atoms with Crippen LogP contribution in [-0.4, -0.2) is 39.8 Å². The molecule has 132 valence electrons. The molecule has 7 nitrogen and oxygen atoms in total. The highest BCUT2D eigenvalue weighted by molar-refractivity contribution is 6.07. The Labute approximate surface area is 151 Å². The molecule has 3 aromatic rings. The highest BCUT2D eigenvalue weighted by atomic mass is 16.5. The molecule has 0 aliphatic carbocycles. The molecule has 2 heterocycles. The Morgan fingerprint density at radius 1 is 1.19 bits per heavy atom. The predicted octanol–water partition coefficient (Wildman–Crippen LogP) is 2.51. The molecule has 7 heteroatoms. The van der Waals surface area contributed by atoms with Crippen molar-refractivity contribution in [1.82, 2.24) is 20.2 Å². The molecular weight excluding hydrogens is 330 g/mol. The monoisotopic (exact) mass is 349 g/mol. The van der Waals surface area contributed by atoms with Gasteiger partial charge in [-0.2, -0.15) is 4.68 Å². The number of tetrazole rings is 1. The largest absolute Gasteiger partial charge is 0.494 e. The number of aromatic nitrogens is 4. The summed E-state index contributed by atoms with van der Waals surface area (Å²) in [7, 11) is 1.58. The lowest BCUT2D eigenvalue weighted by atomic mass is 9.93. The summed E-state index contributed by atoms with van der Waals surface area (Å²) in [5, 5.41) is 11.2. The summed E-state index contributed by atoms with van der Waals surface area (Å²) in [6.07, 6.45) is 2.46. The molecular formula is C19H19N5O2. The molecule has 1 aliphatic rings. The van der Waals surface area contributed by atoms with Crippen molar-refractivity contribution in [3.8, 4) is 11.4 Å². The van der Waals surface area contributed by atoms with E-state index >= 15 is 0 Å². The van der Waals surface area contributed by atoms with E-state index in [0.29, 0.717) is 29.5 Å². The van der Waals surface area contributed by atoms with Gasteiger partial charge in [0.2, 0.25) is 0 Å². The predicted molar refractivity (Wildman–Crippen MR) is 96.7 cm³/mol. The second-order valence-electron chi connectivity index (χ2n) is 6.49. The van der Waals surface area contributed by atoms with Crippen molar-refractivity contribution in [2.75, 3.05) is 18.6 Å². The molecule has 1 amide bonds. The molecule has 0 saturated carbocycles. The average Bonchev–Trinajstić information content (AvgIpc) is 3.21. The molecule has 0 bridgehead atoms. The van der Waals surface area contributed by atoms with Gasteiger partial charge in [0.15, 0.2) is 0 Å². The summed E-state index contributed by atoms with van der Waals surface area (Å²) >= 11 is 0. The van der Waals surface area contributed by atoms with Crippen molar-refractivity contribution >= 4 is 11.6 Å². The van der Waals surface area contributed by atoms with Crippen molar-refractivity contribution in [3.63, 3.8) is 0 Å². The van der Waals surface area contributed by atoms with Crippen molar-refractivity contribution in [2.24, 2.45) is 5.92 Å². The molecule has 0 radical (unpaired) electrons. The van der Waals surface area contributed by atoms with Crippen LogP contribution in [0.25, 0.3) is 5.69 Å². The van der Waals surface area contributed by atoms with Gasteiger partial charge in [-0.05, 0) is 52.6 Å². The van der Waals surface area contributed by atoms with E-state index in [-0.39, 0.29) is 5.91 Å². The molecule has 2 aromatic carbocycles. The number of ether oxygens (including phenoxy) is 1. The topological polar surface area (TPSA) is 73.1 Å². The number of fused-ring (bicyclic) bond motifs is 1. The van der Waals surface area contributed by atoms with Gasteiger partial charge >= 0.3 is 0 Å². The Balaban J connectivity index is 1.74. The molecule has 0 saturated heterocycles. The number of carbonyl (C=O) groups excluding carboxylic acids is 1. The number of hydrogen-bond donors (Lipinski definition) is 0. The first-order chi connectivity index (χ1) is 12.7. The zero-order valence-corrected chi connectivity index (χ0v) is 14.7. The maximum absolute atomic E-state index is 13.3. The summed E-state index contributed by atoms with van der Waals surface area (Å²) in [5.74, 6) is 0.966. The molecule has 26 heavy (non-hydrogen) atoms. The zero-order chi connectivity index (χ0) is 18.1. The minimum atomic E-state index is -0.0408. The highest BCUT2D eigenvalue weighted by Gasteiger charge is 2.27. The summed E-state index contributed by atoms with van der Waals surface area (Å²) in [5.41, 5.74) is 3.38. The highest BCUT2D eigenvalue weighted by Crippen LogP contribution is 2.31. The third-order valence-electron chi connectivity index (χ3n) is 4.61. The summed E-state index contributed by atoms with van der Waals surface area (Å²) in [4.78, 5) is 15.1. The maximum Gasteiger partial charge on any atom is 0.258 e. The Hall–Kier alpha value is -3.22. The van der Waals surface area contributed by atoms with Crippen LogP contribution in [0.4, 0.5) is 5.69 Å². The molecule has 4 rings (SSSR count). The SMILES string of the molecule is COc1ccc(C(=O)N2C[C@@H](C)Cc3ccccc32)cc1-n1cnnn1. The second kappa shape index (κ2) is 6.59. The lowest BCUT2D eigenvalue weighted by molar-refractivity contribution is 0.0981. The number of hydrogen-bond acceptors (Lipinski definition) is 5. The van der Waals surface area contributed by atoms with Gasteiger partial charge in [-0.1, -0.05) is 25.1 Å².